The Kier molecular flexibility index (Phi) is 5.93. The van der Waals surface area contributed by atoms with Gasteiger partial charge in [-0.05, 0) is 49.2 Å². The number of rotatable bonds is 4. The second-order valence-electron chi connectivity index (χ2n) is 7.50. The molecule has 4 rings (SSSR count). The van der Waals surface area contributed by atoms with Gasteiger partial charge in [-0.3, -0.25) is 4.98 Å². The Morgan fingerprint density at radius 3 is 2.47 bits per heavy atom. The van der Waals surface area contributed by atoms with Crippen molar-refractivity contribution in [3.8, 4) is 11.3 Å². The standard InChI is InChI=1S/C22H20F3N5O2/c23-22(24,25)16-3-5-17(6-4-16)27-19-12-18(14-7-9-26-10-8-14)28-20(29-19)15-2-1-11-30(13-15)21(31)32/h3-10,12,15H,1-2,11,13H2,(H,31,32)(H,27,28,29). The molecule has 2 aromatic heterocycles. The van der Waals surface area contributed by atoms with E-state index in [0.717, 1.165) is 24.1 Å². The van der Waals surface area contributed by atoms with E-state index in [4.69, 9.17) is 0 Å². The van der Waals surface area contributed by atoms with Crippen molar-refractivity contribution >= 4 is 17.6 Å². The minimum atomic E-state index is -4.41. The molecule has 0 saturated carbocycles. The lowest BCUT2D eigenvalue weighted by Gasteiger charge is -2.30. The highest BCUT2D eigenvalue weighted by Crippen LogP contribution is 2.32. The number of benzene rings is 1. The van der Waals surface area contributed by atoms with Crippen molar-refractivity contribution in [1.82, 2.24) is 19.9 Å². The number of piperidine rings is 1. The Morgan fingerprint density at radius 2 is 1.81 bits per heavy atom. The van der Waals surface area contributed by atoms with Gasteiger partial charge in [0.1, 0.15) is 11.6 Å². The third-order valence-electron chi connectivity index (χ3n) is 5.26. The first-order valence-corrected chi connectivity index (χ1v) is 10.0. The lowest BCUT2D eigenvalue weighted by atomic mass is 9.97. The van der Waals surface area contributed by atoms with Crippen LogP contribution in [0.3, 0.4) is 0 Å². The SMILES string of the molecule is O=C(O)N1CCCC(c2nc(Nc3ccc(C(F)(F)F)cc3)cc(-c3ccncc3)n2)C1. The highest BCUT2D eigenvalue weighted by molar-refractivity contribution is 5.66. The fraction of sp³-hybridized carbons (Fsp3) is 0.273. The normalized spacial score (nSPS) is 16.6. The van der Waals surface area contributed by atoms with E-state index in [0.29, 0.717) is 36.0 Å². The van der Waals surface area contributed by atoms with Crippen LogP contribution in [-0.2, 0) is 6.18 Å². The van der Waals surface area contributed by atoms with Crippen molar-refractivity contribution in [1.29, 1.82) is 0 Å². The molecule has 0 bridgehead atoms. The second-order valence-corrected chi connectivity index (χ2v) is 7.50. The molecule has 1 aromatic carbocycles. The Morgan fingerprint density at radius 1 is 1.09 bits per heavy atom. The molecule has 10 heteroatoms. The maximum atomic E-state index is 12.8. The first kappa shape index (κ1) is 21.5. The second kappa shape index (κ2) is 8.81. The third-order valence-corrected chi connectivity index (χ3v) is 5.26. The average molecular weight is 443 g/mol. The molecule has 1 aliphatic heterocycles. The number of aromatic nitrogens is 3. The van der Waals surface area contributed by atoms with Gasteiger partial charge in [-0.25, -0.2) is 14.8 Å². The molecule has 3 aromatic rings. The van der Waals surface area contributed by atoms with Gasteiger partial charge in [-0.1, -0.05) is 0 Å². The van der Waals surface area contributed by atoms with Crippen molar-refractivity contribution in [2.24, 2.45) is 0 Å². The first-order valence-electron chi connectivity index (χ1n) is 10.0. The molecule has 3 heterocycles. The maximum Gasteiger partial charge on any atom is 0.416 e. The Bertz CT molecular complexity index is 1090. The molecular weight excluding hydrogens is 423 g/mol. The largest absolute Gasteiger partial charge is 0.465 e. The van der Waals surface area contributed by atoms with Crippen LogP contribution in [0.5, 0.6) is 0 Å². The van der Waals surface area contributed by atoms with Gasteiger partial charge in [0.05, 0.1) is 11.3 Å². The van der Waals surface area contributed by atoms with Crippen LogP contribution in [0.15, 0.2) is 54.9 Å². The van der Waals surface area contributed by atoms with E-state index in [9.17, 15) is 23.1 Å². The number of hydrogen-bond donors (Lipinski definition) is 2. The number of anilines is 2. The predicted octanol–water partition coefficient (Wildman–Crippen LogP) is 5.16. The van der Waals surface area contributed by atoms with Gasteiger partial charge in [0.25, 0.3) is 0 Å². The molecule has 1 atom stereocenters. The summed E-state index contributed by atoms with van der Waals surface area (Å²) < 4.78 is 38.5. The number of nitrogens with one attached hydrogen (secondary N) is 1. The number of pyridine rings is 1. The minimum absolute atomic E-state index is 0.185. The lowest BCUT2D eigenvalue weighted by molar-refractivity contribution is -0.137. The van der Waals surface area contributed by atoms with Crippen LogP contribution in [-0.4, -0.2) is 44.1 Å². The number of carbonyl (C=O) groups is 1. The van der Waals surface area contributed by atoms with Crippen LogP contribution in [0.2, 0.25) is 0 Å². The average Bonchev–Trinajstić information content (AvgIpc) is 2.79. The highest BCUT2D eigenvalue weighted by Gasteiger charge is 2.30. The van der Waals surface area contributed by atoms with Crippen LogP contribution in [0.1, 0.15) is 30.1 Å². The van der Waals surface area contributed by atoms with E-state index >= 15 is 0 Å². The molecule has 1 fully saturated rings. The van der Waals surface area contributed by atoms with Crippen LogP contribution in [0, 0.1) is 0 Å². The monoisotopic (exact) mass is 443 g/mol. The zero-order valence-corrected chi connectivity index (χ0v) is 16.9. The fourth-order valence-electron chi connectivity index (χ4n) is 3.64. The zero-order chi connectivity index (χ0) is 22.7. The molecule has 1 unspecified atom stereocenters. The topological polar surface area (TPSA) is 91.2 Å². The Balaban J connectivity index is 1.67. The molecule has 166 valence electrons. The van der Waals surface area contributed by atoms with Gasteiger partial charge in [-0.2, -0.15) is 13.2 Å². The van der Waals surface area contributed by atoms with Crippen LogP contribution in [0.25, 0.3) is 11.3 Å². The van der Waals surface area contributed by atoms with Crippen molar-refractivity contribution in [3.05, 3.63) is 66.2 Å². The summed E-state index contributed by atoms with van der Waals surface area (Å²) in [5.74, 6) is 0.712. The van der Waals surface area contributed by atoms with Gasteiger partial charge in [0, 0.05) is 48.7 Å². The molecule has 0 spiro atoms. The molecule has 1 amide bonds. The van der Waals surface area contributed by atoms with E-state index in [2.05, 4.69) is 20.3 Å². The van der Waals surface area contributed by atoms with E-state index in [1.165, 1.54) is 17.0 Å². The van der Waals surface area contributed by atoms with Crippen molar-refractivity contribution in [2.75, 3.05) is 18.4 Å². The Labute approximate surface area is 182 Å². The molecule has 2 N–H and O–H groups in total. The summed E-state index contributed by atoms with van der Waals surface area (Å²) in [5.41, 5.74) is 1.11. The summed E-state index contributed by atoms with van der Waals surface area (Å²) in [6, 6.07) is 9.96. The quantitative estimate of drug-likeness (QED) is 0.579. The zero-order valence-electron chi connectivity index (χ0n) is 16.9. The van der Waals surface area contributed by atoms with Gasteiger partial charge in [0.15, 0.2) is 0 Å². The molecule has 0 aliphatic carbocycles. The molecule has 7 nitrogen and oxygen atoms in total. The van der Waals surface area contributed by atoms with Crippen molar-refractivity contribution in [3.63, 3.8) is 0 Å². The first-order chi connectivity index (χ1) is 15.3. The number of hydrogen-bond acceptors (Lipinski definition) is 5. The van der Waals surface area contributed by atoms with Crippen LogP contribution in [0.4, 0.5) is 29.5 Å². The molecule has 1 saturated heterocycles. The number of likely N-dealkylation sites (tertiary alicyclic amines) is 1. The van der Waals surface area contributed by atoms with E-state index in [-0.39, 0.29) is 12.5 Å². The maximum absolute atomic E-state index is 12.8. The summed E-state index contributed by atoms with van der Waals surface area (Å²) in [6.07, 6.45) is -0.695. The highest BCUT2D eigenvalue weighted by atomic mass is 19.4. The minimum Gasteiger partial charge on any atom is -0.465 e. The van der Waals surface area contributed by atoms with Gasteiger partial charge < -0.3 is 15.3 Å². The van der Waals surface area contributed by atoms with E-state index in [1.807, 2.05) is 0 Å². The van der Waals surface area contributed by atoms with Crippen LogP contribution >= 0.6 is 0 Å². The smallest absolute Gasteiger partial charge is 0.416 e. The third kappa shape index (κ3) is 4.96. The van der Waals surface area contributed by atoms with E-state index in [1.54, 1.807) is 30.6 Å². The number of amides is 1. The lowest BCUT2D eigenvalue weighted by Crippen LogP contribution is -2.38. The Hall–Kier alpha value is -3.69. The fourth-order valence-corrected chi connectivity index (χ4v) is 3.64. The number of halogens is 3. The van der Waals surface area contributed by atoms with Crippen molar-refractivity contribution in [2.45, 2.75) is 24.9 Å². The summed E-state index contributed by atoms with van der Waals surface area (Å²) in [7, 11) is 0. The summed E-state index contributed by atoms with van der Waals surface area (Å²) in [5, 5.41) is 12.4. The van der Waals surface area contributed by atoms with Crippen LogP contribution < -0.4 is 5.32 Å². The number of nitrogens with zero attached hydrogens (tertiary/aromatic N) is 4. The van der Waals surface area contributed by atoms with Gasteiger partial charge >= 0.3 is 12.3 Å². The van der Waals surface area contributed by atoms with Gasteiger partial charge in [-0.15, -0.1) is 0 Å². The number of carboxylic acid groups (broad SMARTS) is 1. The summed E-state index contributed by atoms with van der Waals surface area (Å²) >= 11 is 0. The summed E-state index contributed by atoms with van der Waals surface area (Å²) in [4.78, 5) is 26.0. The molecule has 32 heavy (non-hydrogen) atoms. The van der Waals surface area contributed by atoms with Crippen molar-refractivity contribution < 1.29 is 23.1 Å². The van der Waals surface area contributed by atoms with Gasteiger partial charge in [0.2, 0.25) is 0 Å². The number of alkyl halides is 3. The molecule has 1 aliphatic rings. The summed E-state index contributed by atoms with van der Waals surface area (Å²) in [6.45, 7) is 0.751. The predicted molar refractivity (Wildman–Crippen MR) is 112 cm³/mol. The molecular formula is C22H20F3N5O2. The van der Waals surface area contributed by atoms with E-state index < -0.39 is 17.8 Å². The molecule has 0 radical (unpaired) electrons.